The zero-order valence-electron chi connectivity index (χ0n) is 18.6. The van der Waals surface area contributed by atoms with Gasteiger partial charge in [-0.2, -0.15) is 0 Å². The minimum Gasteiger partial charge on any atom is -0.474 e. The van der Waals surface area contributed by atoms with Crippen LogP contribution in [0.4, 0.5) is 5.13 Å². The number of hydrogen-bond donors (Lipinski definition) is 2. The van der Waals surface area contributed by atoms with Crippen LogP contribution >= 0.6 is 22.9 Å². The van der Waals surface area contributed by atoms with Gasteiger partial charge in [-0.15, -0.1) is 11.3 Å². The van der Waals surface area contributed by atoms with Crippen LogP contribution in [-0.2, 0) is 9.47 Å². The maximum absolute atomic E-state index is 6.45. The quantitative estimate of drug-likeness (QED) is 0.480. The van der Waals surface area contributed by atoms with E-state index in [1.807, 2.05) is 11.4 Å². The van der Waals surface area contributed by atoms with Crippen molar-refractivity contribution in [2.24, 2.45) is 5.92 Å². The molecule has 0 atom stereocenters. The highest BCUT2D eigenvalue weighted by Gasteiger charge is 2.23. The third kappa shape index (κ3) is 6.78. The van der Waals surface area contributed by atoms with Crippen molar-refractivity contribution >= 4 is 28.1 Å². The van der Waals surface area contributed by atoms with Gasteiger partial charge in [0.15, 0.2) is 5.13 Å². The molecule has 1 saturated heterocycles. The van der Waals surface area contributed by atoms with E-state index in [1.165, 1.54) is 0 Å². The number of ether oxygens (including phenoxy) is 3. The fourth-order valence-corrected chi connectivity index (χ4v) is 5.18. The predicted octanol–water partition coefficient (Wildman–Crippen LogP) is 4.62. The molecule has 1 aliphatic carbocycles. The lowest BCUT2D eigenvalue weighted by Crippen LogP contribution is -2.37. The van der Waals surface area contributed by atoms with Gasteiger partial charge in [0.05, 0.1) is 23.5 Å². The Morgan fingerprint density at radius 2 is 2.00 bits per heavy atom. The third-order valence-electron chi connectivity index (χ3n) is 6.19. The largest absolute Gasteiger partial charge is 0.474 e. The molecule has 0 unspecified atom stereocenters. The molecular weight excluding hydrogens is 448 g/mol. The first-order chi connectivity index (χ1) is 15.7. The van der Waals surface area contributed by atoms with Crippen LogP contribution in [0.5, 0.6) is 5.88 Å². The van der Waals surface area contributed by atoms with Gasteiger partial charge in [-0.1, -0.05) is 11.6 Å². The number of anilines is 1. The lowest BCUT2D eigenvalue weighted by molar-refractivity contribution is 0.0699. The molecule has 0 amide bonds. The molecule has 2 aromatic rings. The first-order valence-electron chi connectivity index (χ1n) is 11.5. The molecule has 0 spiro atoms. The number of hydrogen-bond acceptors (Lipinski definition) is 8. The molecular formula is C23H33ClN4O3S. The van der Waals surface area contributed by atoms with E-state index in [1.54, 1.807) is 24.6 Å². The first kappa shape index (κ1) is 23.7. The molecule has 2 N–H and O–H groups in total. The SMILES string of the molecule is COCCNC1CCC(Oc2cc(-c3csc(NCC4CCOCC4)n3)c(Cl)cn2)CC1. The van der Waals surface area contributed by atoms with E-state index < -0.39 is 0 Å². The summed E-state index contributed by atoms with van der Waals surface area (Å²) in [7, 11) is 1.73. The van der Waals surface area contributed by atoms with Gasteiger partial charge in [-0.05, 0) is 44.4 Å². The fourth-order valence-electron chi connectivity index (χ4n) is 4.26. The fraction of sp³-hybridized carbons (Fsp3) is 0.652. The van der Waals surface area contributed by atoms with Gasteiger partial charge < -0.3 is 24.8 Å². The van der Waals surface area contributed by atoms with Gasteiger partial charge in [-0.3, -0.25) is 0 Å². The van der Waals surface area contributed by atoms with Crippen molar-refractivity contribution in [3.8, 4) is 17.1 Å². The lowest BCUT2D eigenvalue weighted by atomic mass is 9.93. The van der Waals surface area contributed by atoms with Crippen molar-refractivity contribution in [1.29, 1.82) is 0 Å². The molecule has 0 radical (unpaired) electrons. The molecule has 0 aromatic carbocycles. The number of rotatable bonds is 10. The van der Waals surface area contributed by atoms with E-state index in [0.29, 0.717) is 22.9 Å². The van der Waals surface area contributed by atoms with E-state index >= 15 is 0 Å². The van der Waals surface area contributed by atoms with Crippen LogP contribution in [0.25, 0.3) is 11.3 Å². The summed E-state index contributed by atoms with van der Waals surface area (Å²) < 4.78 is 16.8. The summed E-state index contributed by atoms with van der Waals surface area (Å²) in [4.78, 5) is 9.15. The Labute approximate surface area is 199 Å². The van der Waals surface area contributed by atoms with E-state index in [-0.39, 0.29) is 6.10 Å². The van der Waals surface area contributed by atoms with Crippen LogP contribution in [0.1, 0.15) is 38.5 Å². The molecule has 7 nitrogen and oxygen atoms in total. The summed E-state index contributed by atoms with van der Waals surface area (Å²) in [5.74, 6) is 1.26. The highest BCUT2D eigenvalue weighted by atomic mass is 35.5. The minimum atomic E-state index is 0.184. The number of aromatic nitrogens is 2. The second kappa shape index (κ2) is 12.1. The van der Waals surface area contributed by atoms with Gasteiger partial charge in [0.2, 0.25) is 5.88 Å². The van der Waals surface area contributed by atoms with Crippen molar-refractivity contribution < 1.29 is 14.2 Å². The molecule has 9 heteroatoms. The molecule has 2 aliphatic rings. The number of halogens is 1. The highest BCUT2D eigenvalue weighted by molar-refractivity contribution is 7.14. The van der Waals surface area contributed by atoms with Crippen LogP contribution in [-0.4, -0.2) is 62.1 Å². The molecule has 2 fully saturated rings. The molecule has 0 bridgehead atoms. The zero-order valence-corrected chi connectivity index (χ0v) is 20.2. The standard InChI is InChI=1S/C23H33ClN4O3S/c1-29-11-8-25-17-2-4-18(5-3-17)31-22-12-19(20(24)14-26-22)21-15-32-23(28-21)27-13-16-6-9-30-10-7-16/h12,14-18,25H,2-11,13H2,1H3,(H,27,28). The topological polar surface area (TPSA) is 77.5 Å². The third-order valence-corrected chi connectivity index (χ3v) is 7.30. The van der Waals surface area contributed by atoms with Crippen LogP contribution in [0.15, 0.2) is 17.6 Å². The van der Waals surface area contributed by atoms with Crippen molar-refractivity contribution in [2.75, 3.05) is 45.3 Å². The monoisotopic (exact) mass is 480 g/mol. The Balaban J connectivity index is 1.31. The average Bonchev–Trinajstić information content (AvgIpc) is 3.30. The van der Waals surface area contributed by atoms with Crippen LogP contribution in [0.2, 0.25) is 5.02 Å². The van der Waals surface area contributed by atoms with Gasteiger partial charge in [-0.25, -0.2) is 9.97 Å². The Morgan fingerprint density at radius 1 is 1.19 bits per heavy atom. The minimum absolute atomic E-state index is 0.184. The van der Waals surface area contributed by atoms with Crippen molar-refractivity contribution in [1.82, 2.24) is 15.3 Å². The second-order valence-corrected chi connectivity index (χ2v) is 9.78. The summed E-state index contributed by atoms with van der Waals surface area (Å²) in [5.41, 5.74) is 1.72. The lowest BCUT2D eigenvalue weighted by Gasteiger charge is -2.29. The van der Waals surface area contributed by atoms with E-state index in [2.05, 4.69) is 15.6 Å². The smallest absolute Gasteiger partial charge is 0.214 e. The summed E-state index contributed by atoms with van der Waals surface area (Å²) in [6.07, 6.45) is 8.29. The zero-order chi connectivity index (χ0) is 22.2. The van der Waals surface area contributed by atoms with E-state index in [9.17, 15) is 0 Å². The molecule has 4 rings (SSSR count). The number of thiazole rings is 1. The summed E-state index contributed by atoms with van der Waals surface area (Å²) in [6, 6.07) is 2.46. The Morgan fingerprint density at radius 3 is 2.78 bits per heavy atom. The normalized spacial score (nSPS) is 22.1. The average molecular weight is 481 g/mol. The number of methoxy groups -OCH3 is 1. The van der Waals surface area contributed by atoms with Crippen molar-refractivity contribution in [3.63, 3.8) is 0 Å². The van der Waals surface area contributed by atoms with Crippen molar-refractivity contribution in [2.45, 2.75) is 50.7 Å². The number of nitrogens with zero attached hydrogens (tertiary/aromatic N) is 2. The molecule has 1 aliphatic heterocycles. The first-order valence-corrected chi connectivity index (χ1v) is 12.8. The van der Waals surface area contributed by atoms with Gasteiger partial charge in [0.1, 0.15) is 6.10 Å². The summed E-state index contributed by atoms with van der Waals surface area (Å²) >= 11 is 8.06. The predicted molar refractivity (Wildman–Crippen MR) is 129 cm³/mol. The molecule has 176 valence electrons. The summed E-state index contributed by atoms with van der Waals surface area (Å²) in [6.45, 7) is 4.29. The molecule has 3 heterocycles. The van der Waals surface area contributed by atoms with E-state index in [4.69, 9.17) is 30.8 Å². The number of nitrogens with one attached hydrogen (secondary N) is 2. The Bertz CT molecular complexity index is 838. The molecule has 2 aromatic heterocycles. The highest BCUT2D eigenvalue weighted by Crippen LogP contribution is 2.33. The van der Waals surface area contributed by atoms with Crippen LogP contribution < -0.4 is 15.4 Å². The van der Waals surface area contributed by atoms with Crippen LogP contribution in [0.3, 0.4) is 0 Å². The second-order valence-electron chi connectivity index (χ2n) is 8.52. The maximum Gasteiger partial charge on any atom is 0.214 e. The Kier molecular flexibility index (Phi) is 8.99. The Hall–Kier alpha value is -1.45. The van der Waals surface area contributed by atoms with E-state index in [0.717, 1.165) is 87.8 Å². The summed E-state index contributed by atoms with van der Waals surface area (Å²) in [5, 5.41) is 10.6. The maximum atomic E-state index is 6.45. The molecule has 32 heavy (non-hydrogen) atoms. The van der Waals surface area contributed by atoms with Gasteiger partial charge in [0.25, 0.3) is 0 Å². The van der Waals surface area contributed by atoms with Gasteiger partial charge >= 0.3 is 0 Å². The van der Waals surface area contributed by atoms with Gasteiger partial charge in [0, 0.05) is 56.5 Å². The van der Waals surface area contributed by atoms with Crippen LogP contribution in [0, 0.1) is 5.92 Å². The van der Waals surface area contributed by atoms with Crippen molar-refractivity contribution in [3.05, 3.63) is 22.7 Å². The number of pyridine rings is 1. The molecule has 1 saturated carbocycles.